The second kappa shape index (κ2) is 3.97. The van der Waals surface area contributed by atoms with Gasteiger partial charge in [-0.3, -0.25) is 4.90 Å². The van der Waals surface area contributed by atoms with Gasteiger partial charge in [0.25, 0.3) is 0 Å². The summed E-state index contributed by atoms with van der Waals surface area (Å²) in [7, 11) is 0. The van der Waals surface area contributed by atoms with E-state index in [1.807, 2.05) is 6.07 Å². The van der Waals surface area contributed by atoms with Crippen LogP contribution in [0.5, 0.6) is 0 Å². The molecule has 2 bridgehead atoms. The lowest BCUT2D eigenvalue weighted by molar-refractivity contribution is -0.0530. The SMILES string of the molecule is Nc1ccc2c(c1)CCC2N1CC2CCC(C1)O2. The highest BCUT2D eigenvalue weighted by Crippen LogP contribution is 2.39. The summed E-state index contributed by atoms with van der Waals surface area (Å²) in [6, 6.07) is 7.05. The number of morpholine rings is 1. The molecule has 0 spiro atoms. The summed E-state index contributed by atoms with van der Waals surface area (Å²) in [5, 5.41) is 0. The zero-order chi connectivity index (χ0) is 12.1. The zero-order valence-corrected chi connectivity index (χ0v) is 10.6. The van der Waals surface area contributed by atoms with Crippen LogP contribution >= 0.6 is 0 Å². The van der Waals surface area contributed by atoms with E-state index in [1.54, 1.807) is 0 Å². The fraction of sp³-hybridized carbons (Fsp3) is 0.600. The Morgan fingerprint density at radius 1 is 1.11 bits per heavy atom. The standard InChI is InChI=1S/C15H20N2O/c16-11-2-5-14-10(7-11)1-6-15(14)17-8-12-3-4-13(9-17)18-12/h2,5,7,12-13,15H,1,3-4,6,8-9,16H2. The first-order valence-corrected chi connectivity index (χ1v) is 7.07. The molecule has 96 valence electrons. The molecule has 1 aromatic carbocycles. The van der Waals surface area contributed by atoms with E-state index < -0.39 is 0 Å². The summed E-state index contributed by atoms with van der Waals surface area (Å²) in [4.78, 5) is 2.65. The molecule has 1 aromatic rings. The van der Waals surface area contributed by atoms with Gasteiger partial charge in [0.15, 0.2) is 0 Å². The fourth-order valence-corrected chi connectivity index (χ4v) is 3.90. The molecule has 4 rings (SSSR count). The minimum Gasteiger partial charge on any atom is -0.399 e. The molecule has 3 atom stereocenters. The molecule has 0 amide bonds. The van der Waals surface area contributed by atoms with Crippen LogP contribution in [-0.2, 0) is 11.2 Å². The maximum Gasteiger partial charge on any atom is 0.0707 e. The summed E-state index contributed by atoms with van der Waals surface area (Å²) in [6.45, 7) is 2.23. The van der Waals surface area contributed by atoms with Crippen molar-refractivity contribution in [3.63, 3.8) is 0 Å². The number of anilines is 1. The normalized spacial score (nSPS) is 34.8. The fourth-order valence-electron chi connectivity index (χ4n) is 3.90. The van der Waals surface area contributed by atoms with Crippen LogP contribution in [0.15, 0.2) is 18.2 Å². The predicted octanol–water partition coefficient (Wildman–Crippen LogP) is 2.12. The third-order valence-electron chi connectivity index (χ3n) is 4.73. The van der Waals surface area contributed by atoms with Crippen LogP contribution in [0.25, 0.3) is 0 Å². The Kier molecular flexibility index (Phi) is 2.39. The van der Waals surface area contributed by atoms with Crippen LogP contribution in [0.1, 0.15) is 36.4 Å². The molecule has 3 unspecified atom stereocenters. The molecule has 0 aromatic heterocycles. The maximum atomic E-state index is 5.93. The lowest BCUT2D eigenvalue weighted by atomic mass is 10.1. The number of nitrogen functional groups attached to an aromatic ring is 1. The molecule has 1 aliphatic carbocycles. The van der Waals surface area contributed by atoms with Crippen molar-refractivity contribution in [3.05, 3.63) is 29.3 Å². The Labute approximate surface area is 108 Å². The number of likely N-dealkylation sites (tertiary alicyclic amines) is 1. The van der Waals surface area contributed by atoms with Crippen LogP contribution in [-0.4, -0.2) is 30.2 Å². The molecule has 3 aliphatic rings. The number of aryl methyl sites for hydroxylation is 1. The van der Waals surface area contributed by atoms with E-state index in [0.29, 0.717) is 18.2 Å². The second-order valence-corrected chi connectivity index (χ2v) is 5.92. The predicted molar refractivity (Wildman–Crippen MR) is 71.4 cm³/mol. The van der Waals surface area contributed by atoms with Gasteiger partial charge in [0.2, 0.25) is 0 Å². The van der Waals surface area contributed by atoms with Crippen LogP contribution in [0.4, 0.5) is 5.69 Å². The third kappa shape index (κ3) is 1.65. The highest BCUT2D eigenvalue weighted by Gasteiger charge is 2.38. The third-order valence-corrected chi connectivity index (χ3v) is 4.73. The van der Waals surface area contributed by atoms with E-state index in [4.69, 9.17) is 10.5 Å². The Morgan fingerprint density at radius 3 is 2.67 bits per heavy atom. The first-order chi connectivity index (χ1) is 8.79. The van der Waals surface area contributed by atoms with Gasteiger partial charge in [-0.2, -0.15) is 0 Å². The van der Waals surface area contributed by atoms with E-state index in [9.17, 15) is 0 Å². The van der Waals surface area contributed by atoms with Gasteiger partial charge in [0, 0.05) is 24.8 Å². The highest BCUT2D eigenvalue weighted by atomic mass is 16.5. The number of rotatable bonds is 1. The second-order valence-electron chi connectivity index (χ2n) is 5.92. The first-order valence-electron chi connectivity index (χ1n) is 7.07. The summed E-state index contributed by atoms with van der Waals surface area (Å²) in [5.74, 6) is 0. The lowest BCUT2D eigenvalue weighted by Gasteiger charge is -2.36. The Bertz CT molecular complexity index is 462. The molecule has 2 N–H and O–H groups in total. The van der Waals surface area contributed by atoms with Gasteiger partial charge < -0.3 is 10.5 Å². The van der Waals surface area contributed by atoms with Crippen molar-refractivity contribution >= 4 is 5.69 Å². The van der Waals surface area contributed by atoms with E-state index in [2.05, 4.69) is 17.0 Å². The lowest BCUT2D eigenvalue weighted by Crippen LogP contribution is -2.43. The van der Waals surface area contributed by atoms with Crippen molar-refractivity contribution in [2.75, 3.05) is 18.8 Å². The van der Waals surface area contributed by atoms with Gasteiger partial charge in [-0.15, -0.1) is 0 Å². The quantitative estimate of drug-likeness (QED) is 0.769. The van der Waals surface area contributed by atoms with Crippen molar-refractivity contribution in [3.8, 4) is 0 Å². The number of ether oxygens (including phenoxy) is 1. The largest absolute Gasteiger partial charge is 0.399 e. The summed E-state index contributed by atoms with van der Waals surface area (Å²) < 4.78 is 5.93. The van der Waals surface area contributed by atoms with Crippen molar-refractivity contribution in [2.24, 2.45) is 0 Å². The number of benzene rings is 1. The number of hydrogen-bond donors (Lipinski definition) is 1. The van der Waals surface area contributed by atoms with Crippen molar-refractivity contribution in [2.45, 2.75) is 43.9 Å². The number of nitrogens with zero attached hydrogens (tertiary/aromatic N) is 1. The smallest absolute Gasteiger partial charge is 0.0707 e. The molecule has 2 fully saturated rings. The monoisotopic (exact) mass is 244 g/mol. The molecule has 2 saturated heterocycles. The Balaban J connectivity index is 1.60. The molecular formula is C15H20N2O. The van der Waals surface area contributed by atoms with Crippen molar-refractivity contribution in [1.29, 1.82) is 0 Å². The molecule has 0 saturated carbocycles. The number of hydrogen-bond acceptors (Lipinski definition) is 3. The average Bonchev–Trinajstić information content (AvgIpc) is 2.92. The first kappa shape index (κ1) is 10.8. The Hall–Kier alpha value is -1.06. The number of nitrogens with two attached hydrogens (primary N) is 1. The molecule has 3 heteroatoms. The zero-order valence-electron chi connectivity index (χ0n) is 10.6. The van der Waals surface area contributed by atoms with Crippen LogP contribution in [0, 0.1) is 0 Å². The minimum atomic E-state index is 0.488. The summed E-state index contributed by atoms with van der Waals surface area (Å²) >= 11 is 0. The van der Waals surface area contributed by atoms with Gasteiger partial charge in [-0.25, -0.2) is 0 Å². The summed E-state index contributed by atoms with van der Waals surface area (Å²) in [6.07, 6.45) is 5.91. The van der Waals surface area contributed by atoms with Crippen molar-refractivity contribution < 1.29 is 4.74 Å². The van der Waals surface area contributed by atoms with Gasteiger partial charge in [-0.1, -0.05) is 6.07 Å². The van der Waals surface area contributed by atoms with E-state index >= 15 is 0 Å². The van der Waals surface area contributed by atoms with Crippen molar-refractivity contribution in [1.82, 2.24) is 4.90 Å². The molecular weight excluding hydrogens is 224 g/mol. The maximum absolute atomic E-state index is 5.93. The van der Waals surface area contributed by atoms with Gasteiger partial charge >= 0.3 is 0 Å². The molecule has 18 heavy (non-hydrogen) atoms. The van der Waals surface area contributed by atoms with Gasteiger partial charge in [0.05, 0.1) is 12.2 Å². The molecule has 0 radical (unpaired) electrons. The Morgan fingerprint density at radius 2 is 1.89 bits per heavy atom. The van der Waals surface area contributed by atoms with E-state index in [-0.39, 0.29) is 0 Å². The number of fused-ring (bicyclic) bond motifs is 3. The van der Waals surface area contributed by atoms with E-state index in [1.165, 1.54) is 36.8 Å². The highest BCUT2D eigenvalue weighted by molar-refractivity contribution is 5.47. The van der Waals surface area contributed by atoms with Crippen LogP contribution in [0.3, 0.4) is 0 Å². The van der Waals surface area contributed by atoms with Gasteiger partial charge in [-0.05, 0) is 48.9 Å². The topological polar surface area (TPSA) is 38.5 Å². The van der Waals surface area contributed by atoms with Crippen LogP contribution < -0.4 is 5.73 Å². The molecule has 2 heterocycles. The van der Waals surface area contributed by atoms with Crippen LogP contribution in [0.2, 0.25) is 0 Å². The molecule has 3 nitrogen and oxygen atoms in total. The van der Waals surface area contributed by atoms with E-state index in [0.717, 1.165) is 18.8 Å². The summed E-state index contributed by atoms with van der Waals surface area (Å²) in [5.41, 5.74) is 9.74. The molecule has 2 aliphatic heterocycles. The average molecular weight is 244 g/mol. The van der Waals surface area contributed by atoms with Gasteiger partial charge in [0.1, 0.15) is 0 Å². The minimum absolute atomic E-state index is 0.488.